The number of hydrogen-bond donors (Lipinski definition) is 2. The molecule has 0 aliphatic heterocycles. The summed E-state index contributed by atoms with van der Waals surface area (Å²) in [5.74, 6) is 0.599. The third kappa shape index (κ3) is 6.16. The first kappa shape index (κ1) is 20.6. The molecule has 5 nitrogen and oxygen atoms in total. The van der Waals surface area contributed by atoms with Crippen LogP contribution in [0.25, 0.3) is 0 Å². The molecule has 150 valence electrons. The molecule has 0 aromatic heterocycles. The Morgan fingerprint density at radius 2 is 1.59 bits per heavy atom. The van der Waals surface area contributed by atoms with Crippen molar-refractivity contribution in [1.29, 1.82) is 0 Å². The van der Waals surface area contributed by atoms with Crippen LogP contribution in [-0.2, 0) is 11.3 Å². The van der Waals surface area contributed by atoms with E-state index < -0.39 is 0 Å². The van der Waals surface area contributed by atoms with E-state index in [4.69, 9.17) is 21.1 Å². The highest BCUT2D eigenvalue weighted by Crippen LogP contribution is 2.37. The Hall–Kier alpha value is -3.18. The van der Waals surface area contributed by atoms with E-state index in [1.54, 1.807) is 0 Å². The van der Waals surface area contributed by atoms with Crippen molar-refractivity contribution in [2.75, 3.05) is 23.8 Å². The minimum atomic E-state index is -0.274. The highest BCUT2D eigenvalue weighted by atomic mass is 35.5. The van der Waals surface area contributed by atoms with Crippen molar-refractivity contribution in [1.82, 2.24) is 0 Å². The number of carbonyl (C=O) groups is 1. The monoisotopic (exact) mass is 410 g/mol. The van der Waals surface area contributed by atoms with E-state index in [1.807, 2.05) is 79.7 Å². The lowest BCUT2D eigenvalue weighted by Gasteiger charge is -2.16. The Bertz CT molecular complexity index is 934. The van der Waals surface area contributed by atoms with Crippen molar-refractivity contribution in [3.05, 3.63) is 83.4 Å². The summed E-state index contributed by atoms with van der Waals surface area (Å²) in [4.78, 5) is 12.2. The molecular formula is C23H23ClN2O3. The third-order valence-electron chi connectivity index (χ3n) is 4.04. The maximum atomic E-state index is 12.2. The van der Waals surface area contributed by atoms with Gasteiger partial charge in [0.05, 0.1) is 11.6 Å². The second-order valence-electron chi connectivity index (χ2n) is 6.26. The van der Waals surface area contributed by atoms with Crippen LogP contribution in [0.5, 0.6) is 11.5 Å². The molecule has 29 heavy (non-hydrogen) atoms. The Morgan fingerprint density at radius 3 is 2.24 bits per heavy atom. The van der Waals surface area contributed by atoms with E-state index in [1.165, 1.54) is 0 Å². The Balaban J connectivity index is 1.66. The van der Waals surface area contributed by atoms with Crippen LogP contribution in [0.1, 0.15) is 12.5 Å². The van der Waals surface area contributed by atoms with E-state index in [0.29, 0.717) is 35.4 Å². The number of amides is 1. The molecular weight excluding hydrogens is 388 g/mol. The quantitative estimate of drug-likeness (QED) is 0.498. The topological polar surface area (TPSA) is 59.6 Å². The zero-order valence-corrected chi connectivity index (χ0v) is 16.9. The fourth-order valence-electron chi connectivity index (χ4n) is 2.74. The molecule has 0 fully saturated rings. The van der Waals surface area contributed by atoms with Gasteiger partial charge in [0.2, 0.25) is 0 Å². The lowest BCUT2D eigenvalue weighted by atomic mass is 10.2. The summed E-state index contributed by atoms with van der Waals surface area (Å²) in [5, 5.41) is 6.51. The Morgan fingerprint density at radius 1 is 0.931 bits per heavy atom. The molecule has 0 bridgehead atoms. The lowest BCUT2D eigenvalue weighted by molar-refractivity contribution is -0.118. The molecule has 6 heteroatoms. The number of benzene rings is 3. The number of anilines is 2. The van der Waals surface area contributed by atoms with Gasteiger partial charge in [0, 0.05) is 17.9 Å². The summed E-state index contributed by atoms with van der Waals surface area (Å²) in [6.07, 6.45) is 0. The molecule has 0 unspecified atom stereocenters. The SMILES string of the molecule is CCOc1cc(CNc2ccccc2)cc(Cl)c1OCC(=O)Nc1ccccc1. The van der Waals surface area contributed by atoms with Crippen LogP contribution in [0.3, 0.4) is 0 Å². The predicted molar refractivity (Wildman–Crippen MR) is 117 cm³/mol. The second kappa shape index (κ2) is 10.4. The van der Waals surface area contributed by atoms with Crippen LogP contribution in [0.15, 0.2) is 72.8 Å². The van der Waals surface area contributed by atoms with Gasteiger partial charge in [-0.25, -0.2) is 0 Å². The third-order valence-corrected chi connectivity index (χ3v) is 4.33. The standard InChI is InChI=1S/C23H23ClN2O3/c1-2-28-21-14-17(15-25-18-9-5-3-6-10-18)13-20(24)23(21)29-16-22(27)26-19-11-7-4-8-12-19/h3-14,25H,2,15-16H2,1H3,(H,26,27). The first-order valence-corrected chi connectivity index (χ1v) is 9.75. The number of para-hydroxylation sites is 2. The zero-order chi connectivity index (χ0) is 20.5. The van der Waals surface area contributed by atoms with E-state index in [0.717, 1.165) is 11.3 Å². The van der Waals surface area contributed by atoms with Gasteiger partial charge in [-0.1, -0.05) is 48.0 Å². The van der Waals surface area contributed by atoms with Crippen molar-refractivity contribution >= 4 is 28.9 Å². The summed E-state index contributed by atoms with van der Waals surface area (Å²) in [5.41, 5.74) is 2.67. The number of hydrogen-bond acceptors (Lipinski definition) is 4. The molecule has 0 spiro atoms. The van der Waals surface area contributed by atoms with Gasteiger partial charge in [-0.05, 0) is 48.9 Å². The first-order valence-electron chi connectivity index (χ1n) is 9.37. The molecule has 0 aliphatic carbocycles. The molecule has 3 rings (SSSR count). The molecule has 0 radical (unpaired) electrons. The van der Waals surface area contributed by atoms with Crippen LogP contribution in [0.4, 0.5) is 11.4 Å². The number of nitrogens with one attached hydrogen (secondary N) is 2. The van der Waals surface area contributed by atoms with Crippen molar-refractivity contribution in [2.45, 2.75) is 13.5 Å². The summed E-state index contributed by atoms with van der Waals surface area (Å²) in [6.45, 7) is 2.75. The molecule has 3 aromatic rings. The zero-order valence-electron chi connectivity index (χ0n) is 16.2. The minimum absolute atomic E-state index is 0.170. The van der Waals surface area contributed by atoms with Crippen LogP contribution < -0.4 is 20.1 Å². The molecule has 0 saturated carbocycles. The van der Waals surface area contributed by atoms with Gasteiger partial charge in [0.1, 0.15) is 0 Å². The molecule has 2 N–H and O–H groups in total. The van der Waals surface area contributed by atoms with Crippen molar-refractivity contribution in [2.24, 2.45) is 0 Å². The van der Waals surface area contributed by atoms with E-state index in [9.17, 15) is 4.79 Å². The summed E-state index contributed by atoms with van der Waals surface area (Å²) in [7, 11) is 0. The Labute approximate surface area is 175 Å². The largest absolute Gasteiger partial charge is 0.490 e. The summed E-state index contributed by atoms with van der Waals surface area (Å²) >= 11 is 6.43. The summed E-state index contributed by atoms with van der Waals surface area (Å²) in [6, 6.07) is 22.8. The second-order valence-corrected chi connectivity index (χ2v) is 6.67. The van der Waals surface area contributed by atoms with Crippen LogP contribution in [-0.4, -0.2) is 19.1 Å². The van der Waals surface area contributed by atoms with Gasteiger partial charge in [0.15, 0.2) is 18.1 Å². The fourth-order valence-corrected chi connectivity index (χ4v) is 3.03. The fraction of sp³-hybridized carbons (Fsp3) is 0.174. The smallest absolute Gasteiger partial charge is 0.262 e. The molecule has 0 heterocycles. The molecule has 1 amide bonds. The van der Waals surface area contributed by atoms with Crippen molar-refractivity contribution in [3.63, 3.8) is 0 Å². The molecule has 0 aliphatic rings. The summed E-state index contributed by atoms with van der Waals surface area (Å²) < 4.78 is 11.4. The van der Waals surface area contributed by atoms with Crippen LogP contribution in [0, 0.1) is 0 Å². The van der Waals surface area contributed by atoms with E-state index in [2.05, 4.69) is 10.6 Å². The van der Waals surface area contributed by atoms with E-state index in [-0.39, 0.29) is 12.5 Å². The number of ether oxygens (including phenoxy) is 2. The molecule has 0 atom stereocenters. The van der Waals surface area contributed by atoms with Gasteiger partial charge < -0.3 is 20.1 Å². The van der Waals surface area contributed by atoms with Gasteiger partial charge in [-0.2, -0.15) is 0 Å². The number of carbonyl (C=O) groups excluding carboxylic acids is 1. The normalized spacial score (nSPS) is 10.3. The number of rotatable bonds is 9. The van der Waals surface area contributed by atoms with Crippen molar-refractivity contribution in [3.8, 4) is 11.5 Å². The molecule has 0 saturated heterocycles. The average Bonchev–Trinajstić information content (AvgIpc) is 2.73. The minimum Gasteiger partial charge on any atom is -0.490 e. The van der Waals surface area contributed by atoms with Gasteiger partial charge in [-0.3, -0.25) is 4.79 Å². The van der Waals surface area contributed by atoms with Crippen LogP contribution >= 0.6 is 11.6 Å². The predicted octanol–water partition coefficient (Wildman–Crippen LogP) is 5.37. The highest BCUT2D eigenvalue weighted by Gasteiger charge is 2.14. The average molecular weight is 411 g/mol. The van der Waals surface area contributed by atoms with Gasteiger partial charge in [-0.15, -0.1) is 0 Å². The van der Waals surface area contributed by atoms with Crippen molar-refractivity contribution < 1.29 is 14.3 Å². The van der Waals surface area contributed by atoms with Gasteiger partial charge >= 0.3 is 0 Å². The van der Waals surface area contributed by atoms with Crippen LogP contribution in [0.2, 0.25) is 5.02 Å². The highest BCUT2D eigenvalue weighted by molar-refractivity contribution is 6.32. The first-order chi connectivity index (χ1) is 14.2. The lowest BCUT2D eigenvalue weighted by Crippen LogP contribution is -2.20. The maximum absolute atomic E-state index is 12.2. The Kier molecular flexibility index (Phi) is 7.36. The number of halogens is 1. The van der Waals surface area contributed by atoms with E-state index >= 15 is 0 Å². The molecule has 3 aromatic carbocycles. The maximum Gasteiger partial charge on any atom is 0.262 e. The van der Waals surface area contributed by atoms with Gasteiger partial charge in [0.25, 0.3) is 5.91 Å².